The number of hydrogen-bond donors (Lipinski definition) is 2. The van der Waals surface area contributed by atoms with E-state index in [-0.39, 0.29) is 18.3 Å². The molecule has 2 aromatic carbocycles. The lowest BCUT2D eigenvalue weighted by Gasteiger charge is -2.16. The Kier molecular flexibility index (Phi) is 6.22. The Morgan fingerprint density at radius 1 is 1.21 bits per heavy atom. The van der Waals surface area contributed by atoms with Gasteiger partial charge in [-0.2, -0.15) is 5.26 Å². The van der Waals surface area contributed by atoms with Crippen LogP contribution in [0, 0.1) is 17.1 Å². The largest absolute Gasteiger partial charge is 0.352 e. The minimum atomic E-state index is -0.367. The average Bonchev–Trinajstić information content (AvgIpc) is 3.15. The summed E-state index contributed by atoms with van der Waals surface area (Å²) < 4.78 is 13.9. The van der Waals surface area contributed by atoms with Crippen LogP contribution in [0.1, 0.15) is 29.5 Å². The van der Waals surface area contributed by atoms with Crippen molar-refractivity contribution in [2.24, 2.45) is 4.99 Å². The van der Waals surface area contributed by atoms with Crippen LogP contribution in [0.25, 0.3) is 0 Å². The van der Waals surface area contributed by atoms with Gasteiger partial charge in [-0.05, 0) is 42.3 Å². The zero-order chi connectivity index (χ0) is 19.9. The molecule has 1 fully saturated rings. The van der Waals surface area contributed by atoms with Gasteiger partial charge in [-0.1, -0.05) is 12.1 Å². The third kappa shape index (κ3) is 4.65. The lowest BCUT2D eigenvalue weighted by molar-refractivity contribution is -0.117. The molecule has 0 aliphatic carbocycles. The first-order chi connectivity index (χ1) is 13.6. The topological polar surface area (TPSA) is 80.5 Å². The van der Waals surface area contributed by atoms with Crippen LogP contribution in [-0.2, 0) is 17.9 Å². The van der Waals surface area contributed by atoms with Gasteiger partial charge < -0.3 is 15.5 Å². The van der Waals surface area contributed by atoms with Gasteiger partial charge in [-0.25, -0.2) is 4.39 Å². The lowest BCUT2D eigenvalue weighted by Crippen LogP contribution is -2.36. The summed E-state index contributed by atoms with van der Waals surface area (Å²) in [6, 6.07) is 14.1. The van der Waals surface area contributed by atoms with Crippen LogP contribution >= 0.6 is 0 Å². The van der Waals surface area contributed by atoms with Crippen molar-refractivity contribution in [1.29, 1.82) is 5.26 Å². The van der Waals surface area contributed by atoms with Crippen molar-refractivity contribution >= 4 is 17.6 Å². The smallest absolute Gasteiger partial charge is 0.227 e. The molecule has 0 atom stereocenters. The quantitative estimate of drug-likeness (QED) is 0.618. The Hall–Kier alpha value is -3.40. The molecule has 6 nitrogen and oxygen atoms in total. The fraction of sp³-hybridized carbons (Fsp3) is 0.286. The fourth-order valence-electron chi connectivity index (χ4n) is 3.08. The molecule has 3 rings (SSSR count). The Balaban J connectivity index is 1.54. The summed E-state index contributed by atoms with van der Waals surface area (Å²) in [7, 11) is 1.64. The highest BCUT2D eigenvalue weighted by Crippen LogP contribution is 2.21. The van der Waals surface area contributed by atoms with Crippen LogP contribution in [0.2, 0.25) is 0 Å². The van der Waals surface area contributed by atoms with Crippen LogP contribution in [0.3, 0.4) is 0 Å². The number of rotatable bonds is 5. The highest BCUT2D eigenvalue weighted by Gasteiger charge is 2.21. The molecule has 28 heavy (non-hydrogen) atoms. The maximum atomic E-state index is 13.9. The Bertz CT molecular complexity index is 917. The van der Waals surface area contributed by atoms with Crippen molar-refractivity contribution < 1.29 is 9.18 Å². The van der Waals surface area contributed by atoms with Gasteiger partial charge in [0.1, 0.15) is 5.82 Å². The van der Waals surface area contributed by atoms with Crippen molar-refractivity contribution in [3.63, 3.8) is 0 Å². The van der Waals surface area contributed by atoms with Crippen molar-refractivity contribution in [1.82, 2.24) is 10.6 Å². The van der Waals surface area contributed by atoms with E-state index in [1.807, 2.05) is 35.2 Å². The zero-order valence-electron chi connectivity index (χ0n) is 15.7. The number of guanidine groups is 1. The molecular weight excluding hydrogens is 357 g/mol. The second-order valence-electron chi connectivity index (χ2n) is 6.51. The maximum Gasteiger partial charge on any atom is 0.227 e. The summed E-state index contributed by atoms with van der Waals surface area (Å²) in [5.74, 6) is 0.331. The second kappa shape index (κ2) is 9.00. The third-order valence-corrected chi connectivity index (χ3v) is 4.63. The van der Waals surface area contributed by atoms with Gasteiger partial charge in [0.25, 0.3) is 0 Å². The molecule has 0 aromatic heterocycles. The normalized spacial score (nSPS) is 14.1. The van der Waals surface area contributed by atoms with E-state index in [2.05, 4.69) is 15.6 Å². The number of nitrogens with zero attached hydrogens (tertiary/aromatic N) is 3. The molecule has 2 N–H and O–H groups in total. The van der Waals surface area contributed by atoms with Gasteiger partial charge in [-0.15, -0.1) is 0 Å². The van der Waals surface area contributed by atoms with Gasteiger partial charge in [0, 0.05) is 44.4 Å². The van der Waals surface area contributed by atoms with Crippen molar-refractivity contribution in [2.45, 2.75) is 25.9 Å². The van der Waals surface area contributed by atoms with E-state index in [4.69, 9.17) is 5.26 Å². The van der Waals surface area contributed by atoms with Crippen molar-refractivity contribution in [2.75, 3.05) is 18.5 Å². The number of anilines is 1. The molecule has 1 aliphatic heterocycles. The molecule has 0 spiro atoms. The molecule has 0 radical (unpaired) electrons. The Morgan fingerprint density at radius 3 is 2.61 bits per heavy atom. The first kappa shape index (κ1) is 19.4. The summed E-state index contributed by atoms with van der Waals surface area (Å²) in [6.07, 6.45) is 1.52. The summed E-state index contributed by atoms with van der Waals surface area (Å²) in [6.45, 7) is 1.53. The summed E-state index contributed by atoms with van der Waals surface area (Å²) in [5, 5.41) is 15.2. The van der Waals surface area contributed by atoms with Gasteiger partial charge in [0.15, 0.2) is 5.96 Å². The third-order valence-electron chi connectivity index (χ3n) is 4.63. The molecule has 2 aromatic rings. The number of aliphatic imine (C=N–C) groups is 1. The number of carbonyl (C=O) groups excluding carboxylic acids is 1. The molecule has 1 amide bonds. The number of nitrogens with one attached hydrogen (secondary N) is 2. The van der Waals surface area contributed by atoms with Gasteiger partial charge in [0.05, 0.1) is 11.6 Å². The highest BCUT2D eigenvalue weighted by molar-refractivity contribution is 5.95. The van der Waals surface area contributed by atoms with Crippen molar-refractivity contribution in [3.05, 3.63) is 65.0 Å². The maximum absolute atomic E-state index is 13.9. The summed E-state index contributed by atoms with van der Waals surface area (Å²) in [5.41, 5.74) is 2.77. The van der Waals surface area contributed by atoms with E-state index in [1.54, 1.807) is 7.05 Å². The van der Waals surface area contributed by atoms with Gasteiger partial charge >= 0.3 is 0 Å². The zero-order valence-corrected chi connectivity index (χ0v) is 15.7. The van der Waals surface area contributed by atoms with Crippen LogP contribution in [0.15, 0.2) is 47.5 Å². The molecule has 7 heteroatoms. The number of halogens is 1. The van der Waals surface area contributed by atoms with E-state index < -0.39 is 0 Å². The second-order valence-corrected chi connectivity index (χ2v) is 6.51. The molecule has 0 unspecified atom stereocenters. The number of carbonyl (C=O) groups is 1. The summed E-state index contributed by atoms with van der Waals surface area (Å²) >= 11 is 0. The number of amides is 1. The molecule has 1 saturated heterocycles. The Morgan fingerprint density at radius 2 is 1.96 bits per heavy atom. The van der Waals surface area contributed by atoms with Gasteiger partial charge in [0.2, 0.25) is 5.91 Å². The molecule has 144 valence electrons. The van der Waals surface area contributed by atoms with E-state index in [0.29, 0.717) is 30.1 Å². The Labute approximate surface area is 163 Å². The predicted octanol–water partition coefficient (Wildman–Crippen LogP) is 2.69. The van der Waals surface area contributed by atoms with Crippen LogP contribution in [0.5, 0.6) is 0 Å². The standard InChI is InChI=1S/C21H22FN5O/c1-24-21(26-14-17-11-16(12-23)6-9-19(17)22)25-13-15-4-7-18(8-5-15)27-10-2-3-20(27)28/h4-9,11H,2-3,10,13-14H2,1H3,(H2,24,25,26). The monoisotopic (exact) mass is 379 g/mol. The molecule has 0 saturated carbocycles. The number of hydrogen-bond acceptors (Lipinski definition) is 3. The first-order valence-electron chi connectivity index (χ1n) is 9.13. The van der Waals surface area contributed by atoms with Crippen LogP contribution in [0.4, 0.5) is 10.1 Å². The molecule has 1 aliphatic rings. The predicted molar refractivity (Wildman–Crippen MR) is 106 cm³/mol. The fourth-order valence-corrected chi connectivity index (χ4v) is 3.08. The van der Waals surface area contributed by atoms with Crippen molar-refractivity contribution in [3.8, 4) is 6.07 Å². The lowest BCUT2D eigenvalue weighted by atomic mass is 10.1. The van der Waals surface area contributed by atoms with Crippen LogP contribution < -0.4 is 15.5 Å². The van der Waals surface area contributed by atoms with Crippen LogP contribution in [-0.4, -0.2) is 25.5 Å². The number of nitriles is 1. The molecule has 0 bridgehead atoms. The number of benzene rings is 2. The first-order valence-corrected chi connectivity index (χ1v) is 9.13. The van der Waals surface area contributed by atoms with E-state index >= 15 is 0 Å². The highest BCUT2D eigenvalue weighted by atomic mass is 19.1. The van der Waals surface area contributed by atoms with Gasteiger partial charge in [-0.3, -0.25) is 9.79 Å². The van der Waals surface area contributed by atoms with E-state index in [1.165, 1.54) is 18.2 Å². The minimum absolute atomic E-state index is 0.170. The average molecular weight is 379 g/mol. The molecule has 1 heterocycles. The van der Waals surface area contributed by atoms with E-state index in [0.717, 1.165) is 24.2 Å². The SMILES string of the molecule is CN=C(NCc1ccc(N2CCCC2=O)cc1)NCc1cc(C#N)ccc1F. The van der Waals surface area contributed by atoms with E-state index in [9.17, 15) is 9.18 Å². The minimum Gasteiger partial charge on any atom is -0.352 e. The molecular formula is C21H22FN5O. The summed E-state index contributed by atoms with van der Waals surface area (Å²) in [4.78, 5) is 17.8.